The lowest BCUT2D eigenvalue weighted by atomic mass is 9.74. The van der Waals surface area contributed by atoms with E-state index in [1.165, 1.54) is 23.9 Å². The summed E-state index contributed by atoms with van der Waals surface area (Å²) < 4.78 is 37.4. The van der Waals surface area contributed by atoms with Crippen LogP contribution in [-0.4, -0.2) is 54.9 Å². The third-order valence-electron chi connectivity index (χ3n) is 7.29. The predicted molar refractivity (Wildman–Crippen MR) is 151 cm³/mol. The molecule has 0 unspecified atom stereocenters. The summed E-state index contributed by atoms with van der Waals surface area (Å²) >= 11 is 1.40. The second-order valence-corrected chi connectivity index (χ2v) is 12.0. The van der Waals surface area contributed by atoms with Crippen molar-refractivity contribution < 1.29 is 38.0 Å². The van der Waals surface area contributed by atoms with Crippen LogP contribution in [0.1, 0.15) is 30.5 Å². The molecule has 41 heavy (non-hydrogen) atoms. The number of amides is 1. The zero-order valence-corrected chi connectivity index (χ0v) is 23.8. The summed E-state index contributed by atoms with van der Waals surface area (Å²) in [4.78, 5) is 24.1. The van der Waals surface area contributed by atoms with E-state index < -0.39 is 29.2 Å². The maximum Gasteiger partial charge on any atom is 0.341 e. The Bertz CT molecular complexity index is 1390. The van der Waals surface area contributed by atoms with Gasteiger partial charge in [-0.15, -0.1) is 11.8 Å². The van der Waals surface area contributed by atoms with Crippen molar-refractivity contribution in [1.82, 2.24) is 5.32 Å². The van der Waals surface area contributed by atoms with Crippen LogP contribution in [0.5, 0.6) is 11.5 Å². The highest BCUT2D eigenvalue weighted by molar-refractivity contribution is 8.00. The number of hydrogen-bond acceptors (Lipinski definition) is 7. The number of halogens is 1. The smallest absolute Gasteiger partial charge is 0.341 e. The third kappa shape index (κ3) is 5.77. The number of aliphatic carboxylic acids is 1. The Balaban J connectivity index is 1.47. The van der Waals surface area contributed by atoms with Crippen molar-refractivity contribution in [3.05, 3.63) is 95.3 Å². The van der Waals surface area contributed by atoms with E-state index in [1.807, 2.05) is 24.3 Å². The fraction of sp³-hybridized carbons (Fsp3) is 0.355. The van der Waals surface area contributed by atoms with Gasteiger partial charge < -0.3 is 29.4 Å². The van der Waals surface area contributed by atoms with Crippen LogP contribution in [-0.2, 0) is 30.4 Å². The molecule has 5 rings (SSSR count). The summed E-state index contributed by atoms with van der Waals surface area (Å²) in [5.74, 6) is -1.34. The molecule has 3 aromatic rings. The van der Waals surface area contributed by atoms with Crippen LogP contribution in [0.2, 0.25) is 0 Å². The number of carboxylic acid groups (broad SMARTS) is 1. The van der Waals surface area contributed by atoms with E-state index >= 15 is 0 Å². The van der Waals surface area contributed by atoms with E-state index in [9.17, 15) is 14.0 Å². The number of carbonyl (C=O) groups excluding carboxylic acids is 1. The zero-order chi connectivity index (χ0) is 29.3. The third-order valence-corrected chi connectivity index (χ3v) is 8.73. The van der Waals surface area contributed by atoms with Crippen molar-refractivity contribution in [3.63, 3.8) is 0 Å². The normalized spacial score (nSPS) is 22.7. The molecule has 0 saturated carbocycles. The summed E-state index contributed by atoms with van der Waals surface area (Å²) in [6, 6.07) is 20.4. The first-order valence-electron chi connectivity index (χ1n) is 13.1. The molecule has 0 spiro atoms. The van der Waals surface area contributed by atoms with Gasteiger partial charge in [-0.2, -0.15) is 0 Å². The number of nitrogens with one attached hydrogen (secondary N) is 1. The number of carboxylic acids is 1. The molecule has 0 bridgehead atoms. The van der Waals surface area contributed by atoms with Gasteiger partial charge in [0.15, 0.2) is 6.61 Å². The molecule has 0 aliphatic carbocycles. The Hall–Kier alpha value is -3.60. The summed E-state index contributed by atoms with van der Waals surface area (Å²) in [7, 11) is 1.60. The number of rotatable bonds is 10. The second kappa shape index (κ2) is 11.3. The molecule has 10 heteroatoms. The molecule has 216 valence electrons. The predicted octanol–water partition coefficient (Wildman–Crippen LogP) is 4.70. The van der Waals surface area contributed by atoms with Gasteiger partial charge >= 0.3 is 5.97 Å². The summed E-state index contributed by atoms with van der Waals surface area (Å²) in [5, 5.41) is 11.4. The van der Waals surface area contributed by atoms with Crippen molar-refractivity contribution in [2.45, 2.75) is 30.4 Å². The molecule has 2 saturated heterocycles. The molecular formula is C31H32FNO7S. The van der Waals surface area contributed by atoms with E-state index in [0.717, 1.165) is 11.1 Å². The van der Waals surface area contributed by atoms with E-state index in [1.54, 1.807) is 43.5 Å². The van der Waals surface area contributed by atoms with E-state index in [4.69, 9.17) is 24.1 Å². The van der Waals surface area contributed by atoms with Gasteiger partial charge in [-0.25, -0.2) is 9.18 Å². The van der Waals surface area contributed by atoms with Gasteiger partial charge in [-0.1, -0.05) is 38.1 Å². The van der Waals surface area contributed by atoms with Gasteiger partial charge in [-0.3, -0.25) is 4.79 Å². The fourth-order valence-corrected chi connectivity index (χ4v) is 6.52. The van der Waals surface area contributed by atoms with Gasteiger partial charge in [-0.05, 0) is 59.7 Å². The molecular weight excluding hydrogens is 549 g/mol. The lowest BCUT2D eigenvalue weighted by molar-refractivity contribution is -0.295. The van der Waals surface area contributed by atoms with Crippen molar-refractivity contribution in [3.8, 4) is 11.5 Å². The van der Waals surface area contributed by atoms with Crippen LogP contribution in [0.4, 0.5) is 4.39 Å². The highest BCUT2D eigenvalue weighted by atomic mass is 32.2. The number of carbonyl (C=O) groups is 2. The van der Waals surface area contributed by atoms with Crippen LogP contribution in [0.3, 0.4) is 0 Å². The molecule has 0 radical (unpaired) electrons. The summed E-state index contributed by atoms with van der Waals surface area (Å²) in [6.07, 6.45) is 0. The Morgan fingerprint density at radius 2 is 1.49 bits per heavy atom. The fourth-order valence-electron chi connectivity index (χ4n) is 5.01. The lowest BCUT2D eigenvalue weighted by Crippen LogP contribution is -2.69. The summed E-state index contributed by atoms with van der Waals surface area (Å²) in [6.45, 7) is 4.61. The molecule has 2 aliphatic heterocycles. The standard InChI is InChI=1S/C31H32FNO7S/c1-29(2)17-39-30(40-18-29,20-6-12-24(37-3)13-7-20)19-41-27-28(36)33-31(27,21-4-10-23(32)11-5-21)22-8-14-25(15-9-22)38-16-26(34)35/h4-15,27H,16-19H2,1-3H3,(H,33,36)(H,34,35)/t27-,31-/m0/s1. The Labute approximate surface area is 242 Å². The highest BCUT2D eigenvalue weighted by Crippen LogP contribution is 2.48. The number of β-lactam (4-membered cyclic amide) rings is 1. The Morgan fingerprint density at radius 3 is 2.02 bits per heavy atom. The number of benzene rings is 3. The second-order valence-electron chi connectivity index (χ2n) is 10.9. The number of thioether (sulfide) groups is 1. The van der Waals surface area contributed by atoms with Crippen molar-refractivity contribution in [2.24, 2.45) is 5.41 Å². The number of hydrogen-bond donors (Lipinski definition) is 2. The van der Waals surface area contributed by atoms with Gasteiger partial charge in [0.05, 0.1) is 26.1 Å². The zero-order valence-electron chi connectivity index (χ0n) is 23.0. The molecule has 2 aliphatic rings. The quantitative estimate of drug-likeness (QED) is 0.332. The van der Waals surface area contributed by atoms with Gasteiger partial charge in [0, 0.05) is 11.0 Å². The lowest BCUT2D eigenvalue weighted by Gasteiger charge is -2.51. The monoisotopic (exact) mass is 581 g/mol. The summed E-state index contributed by atoms with van der Waals surface area (Å²) in [5.41, 5.74) is 1.12. The molecule has 8 nitrogen and oxygen atoms in total. The Morgan fingerprint density at radius 1 is 0.951 bits per heavy atom. The molecule has 2 heterocycles. The average molecular weight is 582 g/mol. The first-order valence-corrected chi connectivity index (χ1v) is 14.2. The average Bonchev–Trinajstić information content (AvgIpc) is 2.96. The molecule has 2 N–H and O–H groups in total. The molecule has 0 aromatic heterocycles. The number of methoxy groups -OCH3 is 1. The van der Waals surface area contributed by atoms with Crippen LogP contribution < -0.4 is 14.8 Å². The van der Waals surface area contributed by atoms with Crippen LogP contribution in [0.25, 0.3) is 0 Å². The molecule has 2 fully saturated rings. The molecule has 2 atom stereocenters. The number of ether oxygens (including phenoxy) is 4. The van der Waals surface area contributed by atoms with Gasteiger partial charge in [0.25, 0.3) is 0 Å². The van der Waals surface area contributed by atoms with Crippen molar-refractivity contribution >= 4 is 23.6 Å². The maximum absolute atomic E-state index is 13.9. The van der Waals surface area contributed by atoms with Gasteiger partial charge in [0.1, 0.15) is 28.1 Å². The van der Waals surface area contributed by atoms with Crippen molar-refractivity contribution in [2.75, 3.05) is 32.7 Å². The Kier molecular flexibility index (Phi) is 8.00. The topological polar surface area (TPSA) is 103 Å². The minimum absolute atomic E-state index is 0.170. The molecule has 1 amide bonds. The van der Waals surface area contributed by atoms with Crippen LogP contribution >= 0.6 is 11.8 Å². The first kappa shape index (κ1) is 28.9. The minimum atomic E-state index is -1.09. The first-order chi connectivity index (χ1) is 19.6. The molecule has 3 aromatic carbocycles. The van der Waals surface area contributed by atoms with Crippen LogP contribution in [0.15, 0.2) is 72.8 Å². The van der Waals surface area contributed by atoms with E-state index in [2.05, 4.69) is 19.2 Å². The van der Waals surface area contributed by atoms with Crippen LogP contribution in [0, 0.1) is 11.2 Å². The van der Waals surface area contributed by atoms with E-state index in [0.29, 0.717) is 36.0 Å². The highest BCUT2D eigenvalue weighted by Gasteiger charge is 2.57. The van der Waals surface area contributed by atoms with E-state index in [-0.39, 0.29) is 17.1 Å². The van der Waals surface area contributed by atoms with Crippen molar-refractivity contribution in [1.29, 1.82) is 0 Å². The van der Waals surface area contributed by atoms with Gasteiger partial charge in [0.2, 0.25) is 11.7 Å². The largest absolute Gasteiger partial charge is 0.497 e. The SMILES string of the molecule is COc1ccc(C2(CS[C@H]3C(=O)N[C@@]3(c3ccc(F)cc3)c3ccc(OCC(=O)O)cc3)OCC(C)(C)CO2)cc1. The minimum Gasteiger partial charge on any atom is -0.497 e. The maximum atomic E-state index is 13.9.